The molecule has 5 heteroatoms. The summed E-state index contributed by atoms with van der Waals surface area (Å²) in [6, 6.07) is 10.1. The van der Waals surface area contributed by atoms with E-state index in [0.717, 1.165) is 43.7 Å². The number of anilines is 2. The van der Waals surface area contributed by atoms with Crippen molar-refractivity contribution in [3.63, 3.8) is 0 Å². The number of aliphatic hydroxyl groups is 1. The maximum Gasteiger partial charge on any atom is 0.224 e. The van der Waals surface area contributed by atoms with Gasteiger partial charge in [0.2, 0.25) is 5.91 Å². The van der Waals surface area contributed by atoms with E-state index in [1.54, 1.807) is 11.3 Å². The Morgan fingerprint density at radius 2 is 2.04 bits per heavy atom. The highest BCUT2D eigenvalue weighted by Gasteiger charge is 2.20. The molecule has 2 heterocycles. The van der Waals surface area contributed by atoms with E-state index in [1.807, 2.05) is 23.6 Å². The van der Waals surface area contributed by atoms with Crippen LogP contribution in [0.3, 0.4) is 0 Å². The molecule has 128 valence electrons. The number of aliphatic hydroxyl groups excluding tert-OH is 1. The van der Waals surface area contributed by atoms with Crippen molar-refractivity contribution in [2.24, 2.45) is 5.92 Å². The lowest BCUT2D eigenvalue weighted by Gasteiger charge is -2.34. The van der Waals surface area contributed by atoms with E-state index >= 15 is 0 Å². The smallest absolute Gasteiger partial charge is 0.224 e. The minimum atomic E-state index is 0.0545. The van der Waals surface area contributed by atoms with E-state index in [9.17, 15) is 9.90 Å². The maximum absolute atomic E-state index is 12.3. The average Bonchev–Trinajstić information content (AvgIpc) is 3.14. The molecule has 2 aromatic rings. The highest BCUT2D eigenvalue weighted by molar-refractivity contribution is 7.07. The van der Waals surface area contributed by atoms with Crippen LogP contribution in [-0.4, -0.2) is 30.7 Å². The Kier molecular flexibility index (Phi) is 5.88. The number of nitrogens with one attached hydrogen (secondary N) is 1. The molecule has 0 radical (unpaired) electrons. The highest BCUT2D eigenvalue weighted by atomic mass is 32.1. The third-order valence-electron chi connectivity index (χ3n) is 4.61. The van der Waals surface area contributed by atoms with E-state index in [4.69, 9.17) is 0 Å². The summed E-state index contributed by atoms with van der Waals surface area (Å²) >= 11 is 1.66. The molecule has 0 unspecified atom stereocenters. The molecule has 3 rings (SSSR count). The molecule has 1 aromatic carbocycles. The molecule has 0 atom stereocenters. The largest absolute Gasteiger partial charge is 0.396 e. The number of piperidine rings is 1. The van der Waals surface area contributed by atoms with Gasteiger partial charge < -0.3 is 15.3 Å². The first-order valence-electron chi connectivity index (χ1n) is 8.52. The van der Waals surface area contributed by atoms with E-state index < -0.39 is 0 Å². The standard InChI is InChI=1S/C19H24N2O2S/c22-13-15-7-10-21(11-8-15)18-4-2-1-3-17(18)20-19(23)6-5-16-9-12-24-14-16/h1-4,9,12,14-15,22H,5-8,10-11,13H2,(H,20,23). The Morgan fingerprint density at radius 1 is 1.25 bits per heavy atom. The van der Waals surface area contributed by atoms with Crippen LogP contribution >= 0.6 is 11.3 Å². The second kappa shape index (κ2) is 8.31. The first-order valence-corrected chi connectivity index (χ1v) is 9.46. The minimum absolute atomic E-state index is 0.0545. The number of benzene rings is 1. The minimum Gasteiger partial charge on any atom is -0.396 e. The molecule has 1 aliphatic heterocycles. The van der Waals surface area contributed by atoms with Crippen LogP contribution in [0.2, 0.25) is 0 Å². The fourth-order valence-corrected chi connectivity index (χ4v) is 3.82. The van der Waals surface area contributed by atoms with Crippen LogP contribution < -0.4 is 10.2 Å². The Hall–Kier alpha value is -1.85. The number of hydrogen-bond donors (Lipinski definition) is 2. The van der Waals surface area contributed by atoms with Crippen LogP contribution in [0.1, 0.15) is 24.8 Å². The number of thiophene rings is 1. The molecule has 2 N–H and O–H groups in total. The van der Waals surface area contributed by atoms with Gasteiger partial charge in [0.15, 0.2) is 0 Å². The number of hydrogen-bond acceptors (Lipinski definition) is 4. The van der Waals surface area contributed by atoms with Gasteiger partial charge in [0.05, 0.1) is 11.4 Å². The average molecular weight is 344 g/mol. The quantitative estimate of drug-likeness (QED) is 0.843. The lowest BCUT2D eigenvalue weighted by atomic mass is 9.97. The molecule has 4 nitrogen and oxygen atoms in total. The summed E-state index contributed by atoms with van der Waals surface area (Å²) in [5.41, 5.74) is 3.18. The summed E-state index contributed by atoms with van der Waals surface area (Å²) in [5.74, 6) is 0.465. The van der Waals surface area contributed by atoms with Crippen molar-refractivity contribution in [3.05, 3.63) is 46.7 Å². The lowest BCUT2D eigenvalue weighted by molar-refractivity contribution is -0.116. The Labute approximate surface area is 147 Å². The van der Waals surface area contributed by atoms with Crippen LogP contribution in [0, 0.1) is 5.92 Å². The summed E-state index contributed by atoms with van der Waals surface area (Å²) in [4.78, 5) is 14.6. The second-order valence-electron chi connectivity index (χ2n) is 6.31. The Morgan fingerprint density at radius 3 is 2.75 bits per heavy atom. The molecule has 1 aromatic heterocycles. The second-order valence-corrected chi connectivity index (χ2v) is 7.09. The number of carbonyl (C=O) groups excluding carboxylic acids is 1. The molecule has 1 amide bonds. The summed E-state index contributed by atoms with van der Waals surface area (Å²) in [7, 11) is 0. The molecule has 1 fully saturated rings. The van der Waals surface area contributed by atoms with Crippen LogP contribution in [0.25, 0.3) is 0 Å². The van der Waals surface area contributed by atoms with Gasteiger partial charge >= 0.3 is 0 Å². The fraction of sp³-hybridized carbons (Fsp3) is 0.421. The SMILES string of the molecule is O=C(CCc1ccsc1)Nc1ccccc1N1CCC(CO)CC1. The number of nitrogens with zero attached hydrogens (tertiary/aromatic N) is 1. The molecular weight excluding hydrogens is 320 g/mol. The van der Waals surface area contributed by atoms with Crippen LogP contribution in [-0.2, 0) is 11.2 Å². The molecule has 0 saturated carbocycles. The molecular formula is C19H24N2O2S. The number of para-hydroxylation sites is 2. The van der Waals surface area contributed by atoms with Crippen molar-refractivity contribution in [1.29, 1.82) is 0 Å². The van der Waals surface area contributed by atoms with Crippen LogP contribution in [0.15, 0.2) is 41.1 Å². The number of carbonyl (C=O) groups is 1. The normalized spacial score (nSPS) is 15.5. The van der Waals surface area contributed by atoms with Crippen LogP contribution in [0.5, 0.6) is 0 Å². The van der Waals surface area contributed by atoms with Gasteiger partial charge in [-0.05, 0) is 59.7 Å². The van der Waals surface area contributed by atoms with Crippen molar-refractivity contribution < 1.29 is 9.90 Å². The summed E-state index contributed by atoms with van der Waals surface area (Å²) in [6.45, 7) is 2.12. The zero-order chi connectivity index (χ0) is 16.8. The van der Waals surface area contributed by atoms with Gasteiger partial charge in [-0.25, -0.2) is 0 Å². The van der Waals surface area contributed by atoms with Crippen molar-refractivity contribution in [2.45, 2.75) is 25.7 Å². The Bertz CT molecular complexity index is 649. The summed E-state index contributed by atoms with van der Waals surface area (Å²) < 4.78 is 0. The van der Waals surface area contributed by atoms with Crippen molar-refractivity contribution in [2.75, 3.05) is 29.9 Å². The van der Waals surface area contributed by atoms with Gasteiger partial charge in [-0.1, -0.05) is 12.1 Å². The van der Waals surface area contributed by atoms with Crippen molar-refractivity contribution in [1.82, 2.24) is 0 Å². The zero-order valence-electron chi connectivity index (χ0n) is 13.8. The Balaban J connectivity index is 1.60. The van der Waals surface area contributed by atoms with E-state index in [-0.39, 0.29) is 12.5 Å². The molecule has 0 spiro atoms. The zero-order valence-corrected chi connectivity index (χ0v) is 14.6. The third kappa shape index (κ3) is 4.36. The third-order valence-corrected chi connectivity index (χ3v) is 5.34. The van der Waals surface area contributed by atoms with Crippen LogP contribution in [0.4, 0.5) is 11.4 Å². The number of rotatable bonds is 6. The summed E-state index contributed by atoms with van der Waals surface area (Å²) in [5, 5.41) is 16.5. The van der Waals surface area contributed by atoms with Gasteiger partial charge in [-0.2, -0.15) is 11.3 Å². The first kappa shape index (κ1) is 17.0. The van der Waals surface area contributed by atoms with Crippen molar-refractivity contribution in [3.8, 4) is 0 Å². The van der Waals surface area contributed by atoms with Gasteiger partial charge in [-0.15, -0.1) is 0 Å². The molecule has 24 heavy (non-hydrogen) atoms. The van der Waals surface area contributed by atoms with E-state index in [0.29, 0.717) is 12.3 Å². The van der Waals surface area contributed by atoms with E-state index in [2.05, 4.69) is 27.7 Å². The maximum atomic E-state index is 12.3. The topological polar surface area (TPSA) is 52.6 Å². The fourth-order valence-electron chi connectivity index (χ4n) is 3.12. The van der Waals surface area contributed by atoms with Gasteiger partial charge in [0, 0.05) is 26.1 Å². The number of amides is 1. The predicted molar refractivity (Wildman–Crippen MR) is 99.7 cm³/mol. The van der Waals surface area contributed by atoms with E-state index in [1.165, 1.54) is 5.56 Å². The summed E-state index contributed by atoms with van der Waals surface area (Å²) in [6.07, 6.45) is 3.27. The first-order chi connectivity index (χ1) is 11.8. The monoisotopic (exact) mass is 344 g/mol. The molecule has 1 aliphatic rings. The lowest BCUT2D eigenvalue weighted by Crippen LogP contribution is -2.35. The molecule has 0 aliphatic carbocycles. The molecule has 1 saturated heterocycles. The van der Waals surface area contributed by atoms with Gasteiger partial charge in [-0.3, -0.25) is 4.79 Å². The van der Waals surface area contributed by atoms with Gasteiger partial charge in [0.1, 0.15) is 0 Å². The van der Waals surface area contributed by atoms with Crippen molar-refractivity contribution >= 4 is 28.6 Å². The predicted octanol–water partition coefficient (Wildman–Crippen LogP) is 3.53. The highest BCUT2D eigenvalue weighted by Crippen LogP contribution is 2.29. The number of aryl methyl sites for hydroxylation is 1. The van der Waals surface area contributed by atoms with Gasteiger partial charge in [0.25, 0.3) is 0 Å². The molecule has 0 bridgehead atoms.